The van der Waals surface area contributed by atoms with E-state index in [1.165, 1.54) is 13.2 Å². The molecule has 5 nitrogen and oxygen atoms in total. The van der Waals surface area contributed by atoms with Crippen LogP contribution in [0.1, 0.15) is 0 Å². The van der Waals surface area contributed by atoms with Gasteiger partial charge >= 0.3 is 0 Å². The molecule has 0 unspecified atom stereocenters. The van der Waals surface area contributed by atoms with Gasteiger partial charge in [-0.05, 0) is 18.2 Å². The van der Waals surface area contributed by atoms with E-state index in [2.05, 4.69) is 20.7 Å². The third-order valence-corrected chi connectivity index (χ3v) is 4.41. The zero-order chi connectivity index (χ0) is 12.5. The summed E-state index contributed by atoms with van der Waals surface area (Å²) in [4.78, 5) is 0.126. The minimum absolute atomic E-state index is 0.126. The van der Waals surface area contributed by atoms with E-state index in [0.717, 1.165) is 0 Å². The van der Waals surface area contributed by atoms with E-state index in [9.17, 15) is 8.42 Å². The molecule has 94 valence electrons. The third-order valence-electron chi connectivity index (χ3n) is 2.38. The molecular formula is C10H12BrNO4S. The first kappa shape index (κ1) is 12.8. The van der Waals surface area contributed by atoms with Crippen molar-refractivity contribution in [2.24, 2.45) is 0 Å². The SMILES string of the molecule is COc1ccc(Br)cc1S(=O)(=O)NC1COC1. The maximum absolute atomic E-state index is 12.1. The Morgan fingerprint density at radius 3 is 2.71 bits per heavy atom. The van der Waals surface area contributed by atoms with Gasteiger partial charge in [-0.1, -0.05) is 15.9 Å². The Morgan fingerprint density at radius 2 is 2.18 bits per heavy atom. The Hall–Kier alpha value is -0.630. The minimum Gasteiger partial charge on any atom is -0.495 e. The van der Waals surface area contributed by atoms with Crippen LogP contribution in [0, 0.1) is 0 Å². The second-order valence-corrected chi connectivity index (χ2v) is 6.25. The minimum atomic E-state index is -3.57. The molecule has 0 bridgehead atoms. The number of hydrogen-bond acceptors (Lipinski definition) is 4. The fourth-order valence-electron chi connectivity index (χ4n) is 1.45. The molecule has 2 rings (SSSR count). The van der Waals surface area contributed by atoms with Crippen molar-refractivity contribution in [1.29, 1.82) is 0 Å². The molecule has 0 saturated carbocycles. The zero-order valence-electron chi connectivity index (χ0n) is 9.14. The van der Waals surface area contributed by atoms with Gasteiger partial charge in [-0.25, -0.2) is 13.1 Å². The molecule has 0 spiro atoms. The fourth-order valence-corrected chi connectivity index (χ4v) is 3.36. The van der Waals surface area contributed by atoms with Crippen molar-refractivity contribution in [2.75, 3.05) is 20.3 Å². The van der Waals surface area contributed by atoms with Gasteiger partial charge in [-0.3, -0.25) is 0 Å². The molecule has 0 aromatic heterocycles. The van der Waals surface area contributed by atoms with Crippen LogP contribution in [0.15, 0.2) is 27.6 Å². The van der Waals surface area contributed by atoms with Crippen molar-refractivity contribution in [3.8, 4) is 5.75 Å². The van der Waals surface area contributed by atoms with Crippen LogP contribution in [0.4, 0.5) is 0 Å². The number of rotatable bonds is 4. The molecule has 1 saturated heterocycles. The van der Waals surface area contributed by atoms with E-state index in [4.69, 9.17) is 9.47 Å². The summed E-state index contributed by atoms with van der Waals surface area (Å²) in [5.74, 6) is 0.320. The average molecular weight is 322 g/mol. The van der Waals surface area contributed by atoms with Gasteiger partial charge in [0.05, 0.1) is 26.4 Å². The summed E-state index contributed by atoms with van der Waals surface area (Å²) in [6, 6.07) is 4.70. The second kappa shape index (κ2) is 4.93. The Labute approximate surface area is 108 Å². The maximum atomic E-state index is 12.1. The van der Waals surface area contributed by atoms with Gasteiger partial charge in [-0.2, -0.15) is 0 Å². The zero-order valence-corrected chi connectivity index (χ0v) is 11.5. The molecular weight excluding hydrogens is 310 g/mol. The van der Waals surface area contributed by atoms with E-state index in [-0.39, 0.29) is 10.9 Å². The van der Waals surface area contributed by atoms with E-state index in [0.29, 0.717) is 23.4 Å². The molecule has 1 N–H and O–H groups in total. The molecule has 0 radical (unpaired) electrons. The molecule has 0 atom stereocenters. The van der Waals surface area contributed by atoms with Crippen molar-refractivity contribution in [2.45, 2.75) is 10.9 Å². The van der Waals surface area contributed by atoms with Gasteiger partial charge in [0, 0.05) is 4.47 Å². The number of ether oxygens (including phenoxy) is 2. The van der Waals surface area contributed by atoms with Crippen LogP contribution in [0.25, 0.3) is 0 Å². The highest BCUT2D eigenvalue weighted by atomic mass is 79.9. The smallest absolute Gasteiger partial charge is 0.244 e. The molecule has 0 amide bonds. The third kappa shape index (κ3) is 2.79. The van der Waals surface area contributed by atoms with E-state index in [1.807, 2.05) is 0 Å². The van der Waals surface area contributed by atoms with Crippen LogP contribution in [0.3, 0.4) is 0 Å². The highest BCUT2D eigenvalue weighted by Crippen LogP contribution is 2.27. The van der Waals surface area contributed by atoms with E-state index in [1.54, 1.807) is 12.1 Å². The van der Waals surface area contributed by atoms with E-state index < -0.39 is 10.0 Å². The summed E-state index contributed by atoms with van der Waals surface area (Å²) in [6.07, 6.45) is 0. The molecule has 1 aromatic carbocycles. The van der Waals surface area contributed by atoms with Crippen molar-refractivity contribution >= 4 is 26.0 Å². The summed E-state index contributed by atoms with van der Waals surface area (Å²) >= 11 is 3.24. The standard InChI is InChI=1S/C10H12BrNO4S/c1-15-9-3-2-7(11)4-10(9)17(13,14)12-8-5-16-6-8/h2-4,8,12H,5-6H2,1H3. The molecule has 17 heavy (non-hydrogen) atoms. The summed E-state index contributed by atoms with van der Waals surface area (Å²) in [7, 11) is -2.13. The topological polar surface area (TPSA) is 64.6 Å². The lowest BCUT2D eigenvalue weighted by Gasteiger charge is -2.26. The normalized spacial score (nSPS) is 16.6. The number of hydrogen-bond donors (Lipinski definition) is 1. The van der Waals surface area contributed by atoms with Crippen LogP contribution in [-0.4, -0.2) is 34.8 Å². The highest BCUT2D eigenvalue weighted by Gasteiger charge is 2.27. The van der Waals surface area contributed by atoms with Gasteiger partial charge in [0.25, 0.3) is 0 Å². The first-order chi connectivity index (χ1) is 8.03. The number of benzene rings is 1. The number of sulfonamides is 1. The summed E-state index contributed by atoms with van der Waals surface area (Å²) < 4.78 is 37.4. The lowest BCUT2D eigenvalue weighted by atomic mass is 10.3. The maximum Gasteiger partial charge on any atom is 0.244 e. The van der Waals surface area contributed by atoms with Crippen LogP contribution >= 0.6 is 15.9 Å². The Bertz CT molecular complexity index is 513. The second-order valence-electron chi connectivity index (χ2n) is 3.65. The summed E-state index contributed by atoms with van der Waals surface area (Å²) in [6.45, 7) is 0.825. The molecule has 1 fully saturated rings. The highest BCUT2D eigenvalue weighted by molar-refractivity contribution is 9.10. The van der Waals surface area contributed by atoms with E-state index >= 15 is 0 Å². The predicted octanol–water partition coefficient (Wildman–Crippen LogP) is 1.13. The number of nitrogens with one attached hydrogen (secondary N) is 1. The van der Waals surface area contributed by atoms with Crippen LogP contribution < -0.4 is 9.46 Å². The Morgan fingerprint density at radius 1 is 1.47 bits per heavy atom. The van der Waals surface area contributed by atoms with Crippen molar-refractivity contribution in [1.82, 2.24) is 4.72 Å². The Kier molecular flexibility index (Phi) is 3.72. The first-order valence-corrected chi connectivity index (χ1v) is 7.24. The monoisotopic (exact) mass is 321 g/mol. The van der Waals surface area contributed by atoms with Gasteiger partial charge in [0.2, 0.25) is 10.0 Å². The number of methoxy groups -OCH3 is 1. The molecule has 1 aromatic rings. The lowest BCUT2D eigenvalue weighted by molar-refractivity contribution is 0.00480. The van der Waals surface area contributed by atoms with Crippen LogP contribution in [0.5, 0.6) is 5.75 Å². The molecule has 0 aliphatic carbocycles. The summed E-state index contributed by atoms with van der Waals surface area (Å²) in [5, 5.41) is 0. The van der Waals surface area contributed by atoms with Crippen molar-refractivity contribution < 1.29 is 17.9 Å². The van der Waals surface area contributed by atoms with Gasteiger partial charge in [-0.15, -0.1) is 0 Å². The van der Waals surface area contributed by atoms with Gasteiger partial charge in [0.15, 0.2) is 0 Å². The molecule has 1 heterocycles. The quantitative estimate of drug-likeness (QED) is 0.903. The fraction of sp³-hybridized carbons (Fsp3) is 0.400. The largest absolute Gasteiger partial charge is 0.495 e. The predicted molar refractivity (Wildman–Crippen MR) is 65.6 cm³/mol. The molecule has 7 heteroatoms. The molecule has 1 aliphatic rings. The van der Waals surface area contributed by atoms with Crippen LogP contribution in [-0.2, 0) is 14.8 Å². The first-order valence-electron chi connectivity index (χ1n) is 4.96. The number of halogens is 1. The Balaban J connectivity index is 2.33. The van der Waals surface area contributed by atoms with Crippen LogP contribution in [0.2, 0.25) is 0 Å². The molecule has 1 aliphatic heterocycles. The van der Waals surface area contributed by atoms with Gasteiger partial charge < -0.3 is 9.47 Å². The average Bonchev–Trinajstić information content (AvgIpc) is 2.24. The summed E-state index contributed by atoms with van der Waals surface area (Å²) in [5.41, 5.74) is 0. The van der Waals surface area contributed by atoms with Crippen molar-refractivity contribution in [3.63, 3.8) is 0 Å². The van der Waals surface area contributed by atoms with Gasteiger partial charge in [0.1, 0.15) is 10.6 Å². The van der Waals surface area contributed by atoms with Crippen molar-refractivity contribution in [3.05, 3.63) is 22.7 Å². The lowest BCUT2D eigenvalue weighted by Crippen LogP contribution is -2.48.